The third-order valence-electron chi connectivity index (χ3n) is 2.83. The lowest BCUT2D eigenvalue weighted by molar-refractivity contribution is 0.583. The molecular formula is C15H15F2N3S. The maximum absolute atomic E-state index is 13.2. The first-order valence-corrected chi connectivity index (χ1v) is 7.61. The number of nitrogens with two attached hydrogens (primary N) is 1. The van der Waals surface area contributed by atoms with E-state index in [0.29, 0.717) is 22.8 Å². The van der Waals surface area contributed by atoms with Crippen LogP contribution in [0, 0.1) is 11.8 Å². The summed E-state index contributed by atoms with van der Waals surface area (Å²) in [6.07, 6.45) is 3.30. The maximum atomic E-state index is 13.2. The molecule has 0 fully saturated rings. The van der Waals surface area contributed by atoms with E-state index in [2.05, 4.69) is 10.3 Å². The fraction of sp³-hybridized carbons (Fsp3) is 0.133. The molecule has 1 aromatic heterocycles. The van der Waals surface area contributed by atoms with Crippen molar-refractivity contribution in [2.45, 2.75) is 0 Å². The molecule has 0 radical (unpaired) electrons. The van der Waals surface area contributed by atoms with Crippen LogP contribution >= 0.6 is 11.8 Å². The zero-order valence-electron chi connectivity index (χ0n) is 11.4. The molecule has 2 aromatic rings. The molecular weight excluding hydrogens is 292 g/mol. The van der Waals surface area contributed by atoms with Gasteiger partial charge in [-0.15, -0.1) is 11.8 Å². The maximum Gasteiger partial charge on any atom is 0.213 e. The Bertz CT molecular complexity index is 642. The lowest BCUT2D eigenvalue weighted by Crippen LogP contribution is -2.16. The predicted octanol–water partition coefficient (Wildman–Crippen LogP) is 3.05. The fourth-order valence-corrected chi connectivity index (χ4v) is 2.12. The SMILES string of the molecule is CSCN/C(=C(\N)c1ccnc(F)c1)c1ccc(F)cc1. The average molecular weight is 307 g/mol. The fourth-order valence-electron chi connectivity index (χ4n) is 1.83. The quantitative estimate of drug-likeness (QED) is 0.658. The molecule has 6 heteroatoms. The number of aromatic nitrogens is 1. The second-order valence-electron chi connectivity index (χ2n) is 4.27. The topological polar surface area (TPSA) is 50.9 Å². The molecule has 3 N–H and O–H groups in total. The van der Waals surface area contributed by atoms with E-state index in [1.54, 1.807) is 30.0 Å². The number of pyridine rings is 1. The van der Waals surface area contributed by atoms with Gasteiger partial charge in [0, 0.05) is 17.8 Å². The van der Waals surface area contributed by atoms with Gasteiger partial charge < -0.3 is 11.1 Å². The summed E-state index contributed by atoms with van der Waals surface area (Å²) < 4.78 is 26.3. The molecule has 21 heavy (non-hydrogen) atoms. The highest BCUT2D eigenvalue weighted by atomic mass is 32.2. The largest absolute Gasteiger partial charge is 0.397 e. The number of halogens is 2. The molecule has 0 aliphatic carbocycles. The van der Waals surface area contributed by atoms with Crippen molar-refractivity contribution in [2.75, 3.05) is 12.1 Å². The van der Waals surface area contributed by atoms with Crippen molar-refractivity contribution in [3.05, 3.63) is 65.5 Å². The zero-order chi connectivity index (χ0) is 15.2. The summed E-state index contributed by atoms with van der Waals surface area (Å²) in [6.45, 7) is 0. The van der Waals surface area contributed by atoms with Crippen molar-refractivity contribution in [3.63, 3.8) is 0 Å². The van der Waals surface area contributed by atoms with Crippen molar-refractivity contribution in [3.8, 4) is 0 Å². The van der Waals surface area contributed by atoms with Gasteiger partial charge in [-0.25, -0.2) is 9.37 Å². The number of nitrogens with one attached hydrogen (secondary N) is 1. The highest BCUT2D eigenvalue weighted by Crippen LogP contribution is 2.21. The normalized spacial score (nSPS) is 12.0. The van der Waals surface area contributed by atoms with E-state index in [-0.39, 0.29) is 5.82 Å². The van der Waals surface area contributed by atoms with Gasteiger partial charge in [0.25, 0.3) is 0 Å². The number of nitrogens with zero attached hydrogens (tertiary/aromatic N) is 1. The smallest absolute Gasteiger partial charge is 0.213 e. The molecule has 0 spiro atoms. The number of rotatable bonds is 5. The first-order chi connectivity index (χ1) is 10.1. The minimum atomic E-state index is -0.598. The Morgan fingerprint density at radius 3 is 2.52 bits per heavy atom. The molecule has 0 aliphatic rings. The third-order valence-corrected chi connectivity index (χ3v) is 3.27. The molecule has 0 atom stereocenters. The van der Waals surface area contributed by atoms with Crippen LogP contribution < -0.4 is 11.1 Å². The van der Waals surface area contributed by atoms with Gasteiger partial charge in [0.1, 0.15) is 5.82 Å². The summed E-state index contributed by atoms with van der Waals surface area (Å²) in [5.41, 5.74) is 8.42. The van der Waals surface area contributed by atoms with Gasteiger partial charge in [0.15, 0.2) is 0 Å². The number of hydrogen-bond acceptors (Lipinski definition) is 4. The molecule has 0 aliphatic heterocycles. The minimum absolute atomic E-state index is 0.323. The average Bonchev–Trinajstić information content (AvgIpc) is 2.49. The number of thioether (sulfide) groups is 1. The molecule has 0 unspecified atom stereocenters. The third kappa shape index (κ3) is 3.95. The summed E-state index contributed by atoms with van der Waals surface area (Å²) >= 11 is 1.58. The summed E-state index contributed by atoms with van der Waals surface area (Å²) in [4.78, 5) is 3.51. The minimum Gasteiger partial charge on any atom is -0.397 e. The van der Waals surface area contributed by atoms with Gasteiger partial charge in [-0.05, 0) is 42.2 Å². The van der Waals surface area contributed by atoms with Crippen LogP contribution in [0.5, 0.6) is 0 Å². The second kappa shape index (κ2) is 7.08. The van der Waals surface area contributed by atoms with Gasteiger partial charge in [0.2, 0.25) is 5.95 Å². The highest BCUT2D eigenvalue weighted by Gasteiger charge is 2.10. The van der Waals surface area contributed by atoms with E-state index in [0.717, 1.165) is 5.56 Å². The lowest BCUT2D eigenvalue weighted by Gasteiger charge is -2.14. The van der Waals surface area contributed by atoms with Crippen LogP contribution in [-0.2, 0) is 0 Å². The van der Waals surface area contributed by atoms with E-state index >= 15 is 0 Å². The first-order valence-electron chi connectivity index (χ1n) is 6.22. The summed E-state index contributed by atoms with van der Waals surface area (Å²) in [6, 6.07) is 8.86. The zero-order valence-corrected chi connectivity index (χ0v) is 12.3. The Kier molecular flexibility index (Phi) is 5.16. The molecule has 2 rings (SSSR count). The van der Waals surface area contributed by atoms with Crippen LogP contribution in [0.25, 0.3) is 11.4 Å². The van der Waals surface area contributed by atoms with Gasteiger partial charge in [-0.3, -0.25) is 0 Å². The number of benzene rings is 1. The first kappa shape index (κ1) is 15.3. The molecule has 0 bridgehead atoms. The van der Waals surface area contributed by atoms with Gasteiger partial charge >= 0.3 is 0 Å². The van der Waals surface area contributed by atoms with E-state index in [1.807, 2.05) is 6.26 Å². The molecule has 0 saturated heterocycles. The summed E-state index contributed by atoms with van der Waals surface area (Å²) in [5, 5.41) is 3.18. The molecule has 0 saturated carbocycles. The van der Waals surface area contributed by atoms with Crippen molar-refractivity contribution >= 4 is 23.2 Å². The number of hydrogen-bond donors (Lipinski definition) is 2. The Morgan fingerprint density at radius 1 is 1.19 bits per heavy atom. The van der Waals surface area contributed by atoms with Crippen LogP contribution in [0.2, 0.25) is 0 Å². The Balaban J connectivity index is 2.47. The molecule has 0 amide bonds. The Hall–Kier alpha value is -2.08. The predicted molar refractivity (Wildman–Crippen MR) is 83.1 cm³/mol. The molecule has 3 nitrogen and oxygen atoms in total. The summed E-state index contributed by atoms with van der Waals surface area (Å²) in [7, 11) is 0. The van der Waals surface area contributed by atoms with Gasteiger partial charge in [0.05, 0.1) is 17.3 Å². The van der Waals surface area contributed by atoms with Crippen LogP contribution in [0.15, 0.2) is 42.6 Å². The van der Waals surface area contributed by atoms with Crippen molar-refractivity contribution in [2.24, 2.45) is 5.73 Å². The standard InChI is InChI=1S/C15H15F2N3S/c1-21-9-20-15(10-2-4-12(16)5-3-10)14(18)11-6-7-19-13(17)8-11/h2-8,20H,9,18H2,1H3/b15-14-. The Labute approximate surface area is 126 Å². The summed E-state index contributed by atoms with van der Waals surface area (Å²) in [5.74, 6) is -0.295. The van der Waals surface area contributed by atoms with Crippen LogP contribution in [0.3, 0.4) is 0 Å². The van der Waals surface area contributed by atoms with E-state index in [1.165, 1.54) is 24.4 Å². The highest BCUT2D eigenvalue weighted by molar-refractivity contribution is 7.98. The van der Waals surface area contributed by atoms with Crippen molar-refractivity contribution in [1.29, 1.82) is 0 Å². The van der Waals surface area contributed by atoms with Crippen LogP contribution in [0.1, 0.15) is 11.1 Å². The van der Waals surface area contributed by atoms with Crippen molar-refractivity contribution < 1.29 is 8.78 Å². The van der Waals surface area contributed by atoms with Gasteiger partial charge in [-0.1, -0.05) is 0 Å². The molecule has 1 heterocycles. The van der Waals surface area contributed by atoms with E-state index in [4.69, 9.17) is 5.73 Å². The second-order valence-corrected chi connectivity index (χ2v) is 5.14. The van der Waals surface area contributed by atoms with Crippen LogP contribution in [0.4, 0.5) is 8.78 Å². The van der Waals surface area contributed by atoms with Crippen molar-refractivity contribution in [1.82, 2.24) is 10.3 Å². The Morgan fingerprint density at radius 2 is 1.90 bits per heavy atom. The molecule has 1 aromatic carbocycles. The molecule has 110 valence electrons. The van der Waals surface area contributed by atoms with Crippen LogP contribution in [-0.4, -0.2) is 17.1 Å². The lowest BCUT2D eigenvalue weighted by atomic mass is 10.1. The van der Waals surface area contributed by atoms with E-state index in [9.17, 15) is 8.78 Å². The van der Waals surface area contributed by atoms with Gasteiger partial charge in [-0.2, -0.15) is 4.39 Å². The van der Waals surface area contributed by atoms with E-state index < -0.39 is 5.95 Å². The monoisotopic (exact) mass is 307 g/mol.